The Morgan fingerprint density at radius 2 is 0.260 bits per heavy atom. The number of unbranched alkanes of at least 4 members (excludes halogenated alkanes) is 54. The molecule has 0 bridgehead atoms. The molecule has 11 heteroatoms. The van der Waals surface area contributed by atoms with Gasteiger partial charge in [0.15, 0.2) is 0 Å². The summed E-state index contributed by atoms with van der Waals surface area (Å²) < 4.78 is 0. The van der Waals surface area contributed by atoms with Crippen molar-refractivity contribution >= 4 is 17.9 Å². The number of rotatable bonds is 60. The van der Waals surface area contributed by atoms with Gasteiger partial charge in [-0.1, -0.05) is 367 Å². The zero-order chi connectivity index (χ0) is 53.2. The third-order valence-electron chi connectivity index (χ3n) is 15.0. The molecule has 6 nitrogen and oxygen atoms in total. The first-order chi connectivity index (χ1) is 35.3. The molecule has 0 heterocycles. The molecule has 0 fully saturated rings. The maximum atomic E-state index is 10.3. The molecule has 0 spiro atoms. The number of carboxylic acid groups (broad SMARTS) is 3. The summed E-state index contributed by atoms with van der Waals surface area (Å²) in [4.78, 5) is 30.8. The second-order valence-electron chi connectivity index (χ2n) is 22.5. The number of hydrogen-bond acceptors (Lipinski definition) is 6. The molecule has 77 heavy (non-hydrogen) atoms. The summed E-state index contributed by atoms with van der Waals surface area (Å²) in [7, 11) is 0. The van der Waals surface area contributed by atoms with E-state index in [1.165, 1.54) is 327 Å². The van der Waals surface area contributed by atoms with Crippen LogP contribution in [0.5, 0.6) is 0 Å². The average molecular weight is 1230 g/mol. The molecule has 0 aliphatic heterocycles. The van der Waals surface area contributed by atoms with Crippen LogP contribution in [-0.2, 0) is 49.1 Å². The Bertz CT molecular complexity index is 906. The van der Waals surface area contributed by atoms with Gasteiger partial charge in [-0.25, -0.2) is 0 Å². The van der Waals surface area contributed by atoms with Gasteiger partial charge in [-0.2, -0.15) is 0 Å². The van der Waals surface area contributed by atoms with Crippen LogP contribution in [0.25, 0.3) is 0 Å². The van der Waals surface area contributed by atoms with Gasteiger partial charge in [0.2, 0.25) is 0 Å². The van der Waals surface area contributed by atoms with Crippen LogP contribution in [0.15, 0.2) is 0 Å². The standard InChI is InChI=1S/3C22H44O2.3ClH.2Cr/c3*1-2-3-4-5-6-7-8-9-10-11-12-13-14-15-16-17-18-19-20-21-22(23)24;;;;;/h3*2-21H2,1H3,(H,23,24);3*1H;;/q;;;;;;2*+3/p-6. The quantitative estimate of drug-likeness (QED) is 0.0560. The minimum Gasteiger partial charge on any atom is -1.00 e. The van der Waals surface area contributed by atoms with Crippen LogP contribution >= 0.6 is 0 Å². The minimum absolute atomic E-state index is 0. The fourth-order valence-electron chi connectivity index (χ4n) is 10.0. The Morgan fingerprint density at radius 3 is 0.338 bits per heavy atom. The Hall–Kier alpha value is 0.345. The summed E-state index contributed by atoms with van der Waals surface area (Å²) in [6.07, 6.45) is 77.2. The zero-order valence-corrected chi connectivity index (χ0v) is 56.1. The number of carbonyl (C=O) groups excluding carboxylic acids is 3. The van der Waals surface area contributed by atoms with Crippen molar-refractivity contribution in [1.29, 1.82) is 0 Å². The van der Waals surface area contributed by atoms with Crippen LogP contribution in [-0.4, -0.2) is 17.9 Å². The molecule has 462 valence electrons. The molecule has 0 unspecified atom stereocenters. The van der Waals surface area contributed by atoms with E-state index in [4.69, 9.17) is 0 Å². The third kappa shape index (κ3) is 105. The summed E-state index contributed by atoms with van der Waals surface area (Å²) in [6, 6.07) is 0. The van der Waals surface area contributed by atoms with E-state index in [9.17, 15) is 29.7 Å². The largest absolute Gasteiger partial charge is 3.00 e. The normalized spacial score (nSPS) is 10.3. The maximum Gasteiger partial charge on any atom is 3.00 e. The Morgan fingerprint density at radius 1 is 0.182 bits per heavy atom. The summed E-state index contributed by atoms with van der Waals surface area (Å²) in [6.45, 7) is 6.84. The Kier molecular flexibility index (Phi) is 110. The molecular weight excluding hydrogens is 1100 g/mol. The molecule has 0 aromatic carbocycles. The van der Waals surface area contributed by atoms with Crippen molar-refractivity contribution in [3.05, 3.63) is 0 Å². The predicted molar refractivity (Wildman–Crippen MR) is 309 cm³/mol. The van der Waals surface area contributed by atoms with E-state index in [-0.39, 0.29) is 91.2 Å². The summed E-state index contributed by atoms with van der Waals surface area (Å²) in [5.74, 6) is -2.70. The van der Waals surface area contributed by atoms with Gasteiger partial charge in [-0.15, -0.1) is 0 Å². The van der Waals surface area contributed by atoms with Gasteiger partial charge < -0.3 is 66.9 Å². The third-order valence-corrected chi connectivity index (χ3v) is 15.0. The van der Waals surface area contributed by atoms with Crippen molar-refractivity contribution in [2.45, 2.75) is 406 Å². The van der Waals surface area contributed by atoms with E-state index >= 15 is 0 Å². The molecule has 0 saturated heterocycles. The molecule has 0 atom stereocenters. The molecule has 0 rings (SSSR count). The molecule has 0 saturated carbocycles. The van der Waals surface area contributed by atoms with Crippen LogP contribution in [0.1, 0.15) is 406 Å². The van der Waals surface area contributed by atoms with Gasteiger partial charge in [-0.3, -0.25) is 0 Å². The van der Waals surface area contributed by atoms with Crippen LogP contribution in [0.3, 0.4) is 0 Å². The first-order valence-corrected chi connectivity index (χ1v) is 32.9. The van der Waals surface area contributed by atoms with E-state index in [0.29, 0.717) is 0 Å². The van der Waals surface area contributed by atoms with E-state index < -0.39 is 17.9 Å². The first-order valence-electron chi connectivity index (χ1n) is 32.9. The second-order valence-corrected chi connectivity index (χ2v) is 22.5. The number of hydrogen-bond donors (Lipinski definition) is 0. The Labute approximate surface area is 522 Å². The van der Waals surface area contributed by atoms with Crippen LogP contribution in [0.4, 0.5) is 0 Å². The molecule has 0 aliphatic carbocycles. The van der Waals surface area contributed by atoms with Crippen molar-refractivity contribution in [2.24, 2.45) is 0 Å². The summed E-state index contributed by atoms with van der Waals surface area (Å²) in [5, 5.41) is 30.8. The fourth-order valence-corrected chi connectivity index (χ4v) is 10.0. The average Bonchev–Trinajstić information content (AvgIpc) is 3.36. The molecule has 2 radical (unpaired) electrons. The van der Waals surface area contributed by atoms with Gasteiger partial charge >= 0.3 is 34.7 Å². The SMILES string of the molecule is CCCCCCCCCCCCCCCCCCCCCC(=O)[O-].CCCCCCCCCCCCCCCCCCCCCC(=O)[O-].CCCCCCCCCCCCCCCCCCCCCC(=O)[O-].[Cl-].[Cl-].[Cl-].[Cr+3].[Cr+3]. The van der Waals surface area contributed by atoms with Gasteiger partial charge in [0.25, 0.3) is 0 Å². The molecule has 0 aliphatic rings. The first kappa shape index (κ1) is 93.7. The topological polar surface area (TPSA) is 120 Å². The Balaban J connectivity index is -0.000000150. The van der Waals surface area contributed by atoms with E-state index in [1.807, 2.05) is 0 Å². The van der Waals surface area contributed by atoms with Gasteiger partial charge in [0.05, 0.1) is 0 Å². The van der Waals surface area contributed by atoms with Crippen LogP contribution in [0, 0.1) is 0 Å². The number of halogens is 3. The minimum atomic E-state index is -0.901. The number of carboxylic acids is 3. The van der Waals surface area contributed by atoms with Gasteiger partial charge in [-0.05, 0) is 38.5 Å². The molecule has 0 N–H and O–H groups in total. The van der Waals surface area contributed by atoms with Crippen LogP contribution < -0.4 is 52.5 Å². The van der Waals surface area contributed by atoms with Crippen molar-refractivity contribution < 1.29 is 102 Å². The van der Waals surface area contributed by atoms with E-state index in [0.717, 1.165) is 38.5 Å². The monoisotopic (exact) mass is 1230 g/mol. The molecule has 0 aromatic heterocycles. The molecule has 0 aromatic rings. The zero-order valence-electron chi connectivity index (χ0n) is 51.3. The number of carbonyl (C=O) groups is 3. The van der Waals surface area contributed by atoms with Gasteiger partial charge in [0.1, 0.15) is 0 Å². The molecule has 0 amide bonds. The van der Waals surface area contributed by atoms with Gasteiger partial charge in [0, 0.05) is 17.9 Å². The van der Waals surface area contributed by atoms with Crippen molar-refractivity contribution in [3.63, 3.8) is 0 Å². The summed E-state index contributed by atoms with van der Waals surface area (Å²) >= 11 is 0. The van der Waals surface area contributed by atoms with Crippen LogP contribution in [0.2, 0.25) is 0 Å². The van der Waals surface area contributed by atoms with Crippen molar-refractivity contribution in [2.75, 3.05) is 0 Å². The van der Waals surface area contributed by atoms with E-state index in [1.54, 1.807) is 0 Å². The van der Waals surface area contributed by atoms with Crippen molar-refractivity contribution in [3.8, 4) is 0 Å². The fraction of sp³-hybridized carbons (Fsp3) is 0.955. The smallest absolute Gasteiger partial charge is 1.00 e. The second kappa shape index (κ2) is 90.1. The van der Waals surface area contributed by atoms with E-state index in [2.05, 4.69) is 20.8 Å². The molecular formula is C66H129Cl3Cr2O6. The maximum absolute atomic E-state index is 10.3. The predicted octanol–water partition coefficient (Wildman–Crippen LogP) is 10.7. The summed E-state index contributed by atoms with van der Waals surface area (Å²) in [5.41, 5.74) is 0. The van der Waals surface area contributed by atoms with Crippen molar-refractivity contribution in [1.82, 2.24) is 0 Å². The number of aliphatic carboxylic acids is 3.